The van der Waals surface area contributed by atoms with Crippen molar-refractivity contribution in [1.29, 1.82) is 0 Å². The van der Waals surface area contributed by atoms with E-state index >= 15 is 0 Å². The molecule has 10 nitrogen and oxygen atoms in total. The number of anilines is 2. The fourth-order valence-electron chi connectivity index (χ4n) is 4.28. The van der Waals surface area contributed by atoms with Crippen LogP contribution < -0.4 is 29.0 Å². The van der Waals surface area contributed by atoms with E-state index in [0.29, 0.717) is 23.8 Å². The number of carbonyl (C=O) groups excluding carboxylic acids is 3. The van der Waals surface area contributed by atoms with Crippen molar-refractivity contribution in [2.75, 3.05) is 35.8 Å². The maximum absolute atomic E-state index is 12.0. The van der Waals surface area contributed by atoms with Crippen molar-refractivity contribution in [2.24, 2.45) is 0 Å². The minimum Gasteiger partial charge on any atom is -0.691 e. The Hall–Kier alpha value is -2.08. The summed E-state index contributed by atoms with van der Waals surface area (Å²) in [6.45, 7) is 0.626. The third kappa shape index (κ3) is 8.01. The maximum Gasteiger partial charge on any atom is 1.00 e. The standard InChI is InChI=1S/C26H28N2O8S3.Li/c1-37-25(38-16-7-17-39-36-35-32)24-18-8-2-4-10-20(18)27(21-11-5-3-9-19(21)24)14-6-15-33-26(31)34-28-22(29)12-13-23(28)30;/h2-5,8-11,32H,6-7,12-17H2,1H3;/q;+1/p-1. The minimum atomic E-state index is -1.07. The summed E-state index contributed by atoms with van der Waals surface area (Å²) in [4.78, 5) is 42.3. The van der Waals surface area contributed by atoms with Crippen LogP contribution in [-0.4, -0.2) is 53.9 Å². The molecule has 0 spiro atoms. The van der Waals surface area contributed by atoms with Crippen LogP contribution in [0.1, 0.15) is 36.8 Å². The van der Waals surface area contributed by atoms with Gasteiger partial charge in [0.05, 0.1) is 6.61 Å². The number of imide groups is 1. The number of carbonyl (C=O) groups is 3. The molecule has 2 aromatic carbocycles. The molecule has 0 unspecified atom stereocenters. The van der Waals surface area contributed by atoms with Gasteiger partial charge in [-0.15, -0.1) is 23.5 Å². The fourth-order valence-corrected chi connectivity index (χ4v) is 6.82. The molecule has 0 aliphatic carbocycles. The summed E-state index contributed by atoms with van der Waals surface area (Å²) in [6.07, 6.45) is 2.38. The maximum atomic E-state index is 12.0. The fraction of sp³-hybridized carbons (Fsp3) is 0.346. The molecule has 2 heterocycles. The molecule has 2 aromatic rings. The number of rotatable bonds is 13. The third-order valence-electron chi connectivity index (χ3n) is 5.92. The zero-order valence-electron chi connectivity index (χ0n) is 22.2. The van der Waals surface area contributed by atoms with Gasteiger partial charge >= 0.3 is 25.0 Å². The van der Waals surface area contributed by atoms with Crippen molar-refractivity contribution in [3.05, 3.63) is 63.9 Å². The van der Waals surface area contributed by atoms with Crippen LogP contribution in [0.25, 0.3) is 5.57 Å². The molecule has 0 radical (unpaired) electrons. The van der Waals surface area contributed by atoms with Crippen molar-refractivity contribution >= 4 is 70.5 Å². The number of ether oxygens (including phenoxy) is 1. The van der Waals surface area contributed by atoms with E-state index in [1.165, 1.54) is 9.81 Å². The molecule has 2 aliphatic heterocycles. The summed E-state index contributed by atoms with van der Waals surface area (Å²) in [6, 6.07) is 16.4. The molecule has 208 valence electrons. The largest absolute Gasteiger partial charge is 1.00 e. The first-order chi connectivity index (χ1) is 19.0. The van der Waals surface area contributed by atoms with Crippen LogP contribution >= 0.6 is 35.6 Å². The van der Waals surface area contributed by atoms with Crippen LogP contribution in [0.3, 0.4) is 0 Å². The SMILES string of the molecule is CSC(SCCCSOO[O-])=C1c2ccccc2N(CCCOC(=O)ON2C(=O)CCC2=O)c2ccccc21.[Li+]. The molecule has 1 fully saturated rings. The van der Waals surface area contributed by atoms with E-state index in [2.05, 4.69) is 44.8 Å². The summed E-state index contributed by atoms with van der Waals surface area (Å²) in [5.74, 6) is 0.400. The Labute approximate surface area is 257 Å². The van der Waals surface area contributed by atoms with Crippen molar-refractivity contribution in [3.8, 4) is 0 Å². The number of benzene rings is 2. The van der Waals surface area contributed by atoms with Crippen LogP contribution in [0.15, 0.2) is 52.8 Å². The van der Waals surface area contributed by atoms with Crippen LogP contribution in [0.4, 0.5) is 16.2 Å². The molecular weight excluding hydrogens is 571 g/mol. The summed E-state index contributed by atoms with van der Waals surface area (Å²) in [5, 5.41) is 13.8. The summed E-state index contributed by atoms with van der Waals surface area (Å²) < 4.78 is 10.7. The molecule has 0 aromatic heterocycles. The van der Waals surface area contributed by atoms with E-state index in [1.54, 1.807) is 23.5 Å². The topological polar surface area (TPSA) is 118 Å². The number of amides is 2. The molecule has 1 saturated heterocycles. The van der Waals surface area contributed by atoms with Gasteiger partial charge in [0.1, 0.15) is 0 Å². The van der Waals surface area contributed by atoms with E-state index in [9.17, 15) is 19.6 Å². The summed E-state index contributed by atoms with van der Waals surface area (Å²) in [5.41, 5.74) is 5.48. The molecule has 14 heteroatoms. The first-order valence-electron chi connectivity index (χ1n) is 12.2. The van der Waals surface area contributed by atoms with Crippen LogP contribution in [0, 0.1) is 0 Å². The van der Waals surface area contributed by atoms with E-state index in [0.717, 1.165) is 46.7 Å². The molecule has 40 heavy (non-hydrogen) atoms. The van der Waals surface area contributed by atoms with E-state index in [1.807, 2.05) is 24.3 Å². The first-order valence-corrected chi connectivity index (χ1v) is 15.3. The molecule has 0 N–H and O–H groups in total. The Balaban J connectivity index is 0.00000441. The van der Waals surface area contributed by atoms with Crippen LogP contribution in [0.2, 0.25) is 0 Å². The van der Waals surface area contributed by atoms with Crippen LogP contribution in [0.5, 0.6) is 0 Å². The third-order valence-corrected chi connectivity index (χ3v) is 8.91. The molecule has 4 rings (SSSR count). The predicted molar refractivity (Wildman–Crippen MR) is 149 cm³/mol. The average molecular weight is 599 g/mol. The van der Waals surface area contributed by atoms with Gasteiger partial charge in [0.15, 0.2) is 0 Å². The number of hydrogen-bond acceptors (Lipinski definition) is 12. The molecule has 0 atom stereocenters. The minimum absolute atomic E-state index is 0. The van der Waals surface area contributed by atoms with Crippen molar-refractivity contribution in [1.82, 2.24) is 5.06 Å². The Bertz CT molecular complexity index is 1170. The van der Waals surface area contributed by atoms with Gasteiger partial charge in [-0.2, -0.15) is 4.33 Å². The second-order valence-electron chi connectivity index (χ2n) is 8.34. The summed E-state index contributed by atoms with van der Waals surface area (Å²) in [7, 11) is 0. The average Bonchev–Trinajstić information content (AvgIpc) is 3.27. The van der Waals surface area contributed by atoms with Gasteiger partial charge in [0.25, 0.3) is 11.8 Å². The Morgan fingerprint density at radius 1 is 0.950 bits per heavy atom. The summed E-state index contributed by atoms with van der Waals surface area (Å²) >= 11 is 4.46. The monoisotopic (exact) mass is 598 g/mol. The quantitative estimate of drug-likeness (QED) is 0.0637. The van der Waals surface area contributed by atoms with Gasteiger partial charge in [-0.3, -0.25) is 19.5 Å². The molecule has 2 amide bonds. The van der Waals surface area contributed by atoms with Gasteiger partial charge in [-0.25, -0.2) is 4.79 Å². The van der Waals surface area contributed by atoms with Crippen molar-refractivity contribution < 1.29 is 57.4 Å². The van der Waals surface area contributed by atoms with E-state index < -0.39 is 18.0 Å². The zero-order chi connectivity index (χ0) is 27.6. The number of para-hydroxylation sites is 2. The van der Waals surface area contributed by atoms with Crippen molar-refractivity contribution in [2.45, 2.75) is 25.7 Å². The number of hydrogen-bond donors (Lipinski definition) is 0. The van der Waals surface area contributed by atoms with Gasteiger partial charge in [-0.05, 0) is 37.0 Å². The smallest absolute Gasteiger partial charge is 0.691 e. The first kappa shape index (κ1) is 32.4. The van der Waals surface area contributed by atoms with E-state index in [-0.39, 0.29) is 38.3 Å². The molecule has 0 saturated carbocycles. The van der Waals surface area contributed by atoms with Gasteiger partial charge in [0, 0.05) is 69.5 Å². The second-order valence-corrected chi connectivity index (χ2v) is 11.3. The number of hydroxylamine groups is 2. The zero-order valence-corrected chi connectivity index (χ0v) is 24.6. The predicted octanol–water partition coefficient (Wildman–Crippen LogP) is 1.82. The molecule has 2 aliphatic rings. The second kappa shape index (κ2) is 16.4. The molecular formula is C26H27LiN2O8S3. The molecule has 0 bridgehead atoms. The van der Waals surface area contributed by atoms with Crippen LogP contribution in [-0.2, 0) is 28.5 Å². The number of thioether (sulfide) groups is 2. The Morgan fingerprint density at radius 3 is 2.17 bits per heavy atom. The Morgan fingerprint density at radius 2 is 1.57 bits per heavy atom. The number of nitrogens with zero attached hydrogens (tertiary/aromatic N) is 2. The van der Waals surface area contributed by atoms with Gasteiger partial charge < -0.3 is 14.9 Å². The van der Waals surface area contributed by atoms with E-state index in [4.69, 9.17) is 9.57 Å². The van der Waals surface area contributed by atoms with Gasteiger partial charge in [-0.1, -0.05) is 41.5 Å². The Kier molecular flexibility index (Phi) is 13.3. The van der Waals surface area contributed by atoms with Crippen molar-refractivity contribution in [3.63, 3.8) is 0 Å². The normalized spacial score (nSPS) is 14.0. The number of fused-ring (bicyclic) bond motifs is 2. The van der Waals surface area contributed by atoms with Gasteiger partial charge in [0.2, 0.25) is 0 Å².